The van der Waals surface area contributed by atoms with Crippen molar-refractivity contribution >= 4 is 23.0 Å². The molecule has 1 aliphatic heterocycles. The van der Waals surface area contributed by atoms with Crippen LogP contribution in [0.1, 0.15) is 18.9 Å². The number of ether oxygens (including phenoxy) is 2. The van der Waals surface area contributed by atoms with E-state index >= 15 is 0 Å². The third-order valence-electron chi connectivity index (χ3n) is 3.77. The number of amides is 1. The van der Waals surface area contributed by atoms with Crippen LogP contribution < -0.4 is 20.1 Å². The molecule has 1 heterocycles. The number of rotatable bonds is 4. The first-order valence-corrected chi connectivity index (χ1v) is 7.76. The molecule has 124 valence electrons. The summed E-state index contributed by atoms with van der Waals surface area (Å²) in [6.07, 6.45) is 0.126. The van der Waals surface area contributed by atoms with Crippen molar-refractivity contribution in [2.75, 3.05) is 17.7 Å². The Kier molecular flexibility index (Phi) is 4.42. The van der Waals surface area contributed by atoms with Crippen LogP contribution in [0.25, 0.3) is 5.70 Å². The average molecular weight is 324 g/mol. The van der Waals surface area contributed by atoms with E-state index in [0.29, 0.717) is 23.6 Å². The summed E-state index contributed by atoms with van der Waals surface area (Å²) in [5.74, 6) is 1.35. The molecule has 1 amide bonds. The minimum atomic E-state index is -0.197. The van der Waals surface area contributed by atoms with Crippen LogP contribution in [0.15, 0.2) is 49.0 Å². The Labute approximate surface area is 141 Å². The molecule has 24 heavy (non-hydrogen) atoms. The fraction of sp³-hybridized carbons (Fsp3) is 0.211. The van der Waals surface area contributed by atoms with Gasteiger partial charge < -0.3 is 20.1 Å². The van der Waals surface area contributed by atoms with Gasteiger partial charge in [-0.15, -0.1) is 0 Å². The summed E-state index contributed by atoms with van der Waals surface area (Å²) in [5, 5.41) is 6.14. The maximum absolute atomic E-state index is 11.9. The van der Waals surface area contributed by atoms with Crippen LogP contribution in [0.4, 0.5) is 11.4 Å². The van der Waals surface area contributed by atoms with E-state index in [2.05, 4.69) is 17.2 Å². The number of carbonyl (C=O) groups is 1. The Morgan fingerprint density at radius 3 is 2.92 bits per heavy atom. The van der Waals surface area contributed by atoms with Gasteiger partial charge >= 0.3 is 0 Å². The van der Waals surface area contributed by atoms with Crippen LogP contribution in [-0.2, 0) is 4.79 Å². The summed E-state index contributed by atoms with van der Waals surface area (Å²) in [5.41, 5.74) is 3.02. The van der Waals surface area contributed by atoms with Crippen LogP contribution in [0, 0.1) is 0 Å². The average Bonchev–Trinajstić information content (AvgIpc) is 2.70. The first-order valence-electron chi connectivity index (χ1n) is 7.76. The topological polar surface area (TPSA) is 59.6 Å². The number of benzene rings is 2. The zero-order valence-electron chi connectivity index (χ0n) is 13.8. The molecule has 2 aromatic rings. The molecule has 0 aliphatic carbocycles. The molecule has 0 unspecified atom stereocenters. The van der Waals surface area contributed by atoms with E-state index in [4.69, 9.17) is 9.47 Å². The van der Waals surface area contributed by atoms with Gasteiger partial charge in [0.05, 0.1) is 19.2 Å². The van der Waals surface area contributed by atoms with Crippen molar-refractivity contribution in [1.82, 2.24) is 0 Å². The van der Waals surface area contributed by atoms with Gasteiger partial charge in [-0.3, -0.25) is 4.79 Å². The lowest BCUT2D eigenvalue weighted by molar-refractivity contribution is -0.117. The predicted octanol–water partition coefficient (Wildman–Crippen LogP) is 3.89. The van der Waals surface area contributed by atoms with Crippen molar-refractivity contribution in [2.24, 2.45) is 0 Å². The second-order valence-electron chi connectivity index (χ2n) is 5.70. The van der Waals surface area contributed by atoms with Crippen molar-refractivity contribution in [3.05, 3.63) is 54.6 Å². The Morgan fingerprint density at radius 1 is 1.33 bits per heavy atom. The lowest BCUT2D eigenvalue weighted by atomic mass is 10.1. The van der Waals surface area contributed by atoms with Gasteiger partial charge in [-0.2, -0.15) is 0 Å². The number of carbonyl (C=O) groups excluding carboxylic acids is 1. The molecule has 5 heteroatoms. The van der Waals surface area contributed by atoms with Gasteiger partial charge in [-0.1, -0.05) is 18.7 Å². The van der Waals surface area contributed by atoms with Gasteiger partial charge in [0.1, 0.15) is 11.9 Å². The molecule has 1 atom stereocenters. The summed E-state index contributed by atoms with van der Waals surface area (Å²) in [7, 11) is 1.63. The molecule has 2 N–H and O–H groups in total. The highest BCUT2D eigenvalue weighted by Gasteiger charge is 2.22. The van der Waals surface area contributed by atoms with E-state index in [-0.39, 0.29) is 12.0 Å². The summed E-state index contributed by atoms with van der Waals surface area (Å²) in [6, 6.07) is 13.2. The fourth-order valence-electron chi connectivity index (χ4n) is 2.65. The lowest BCUT2D eigenvalue weighted by Crippen LogP contribution is -2.17. The molecule has 0 bridgehead atoms. The highest BCUT2D eigenvalue weighted by molar-refractivity contribution is 5.95. The van der Waals surface area contributed by atoms with Crippen molar-refractivity contribution in [3.63, 3.8) is 0 Å². The van der Waals surface area contributed by atoms with Gasteiger partial charge in [0.15, 0.2) is 5.75 Å². The number of hydrogen-bond donors (Lipinski definition) is 2. The minimum absolute atomic E-state index is 0.0511. The monoisotopic (exact) mass is 324 g/mol. The van der Waals surface area contributed by atoms with Crippen molar-refractivity contribution in [2.45, 2.75) is 19.4 Å². The Hall–Kier alpha value is -2.95. The molecule has 3 rings (SSSR count). The molecule has 0 fully saturated rings. The van der Waals surface area contributed by atoms with Crippen LogP contribution in [-0.4, -0.2) is 19.1 Å². The third-order valence-corrected chi connectivity index (χ3v) is 3.77. The van der Waals surface area contributed by atoms with E-state index in [0.717, 1.165) is 17.0 Å². The number of nitrogens with one attached hydrogen (secondary N) is 2. The second kappa shape index (κ2) is 6.66. The van der Waals surface area contributed by atoms with E-state index in [1.807, 2.05) is 49.4 Å². The quantitative estimate of drug-likeness (QED) is 0.896. The number of methoxy groups -OCH3 is 1. The van der Waals surface area contributed by atoms with Crippen molar-refractivity contribution in [3.8, 4) is 11.5 Å². The first-order chi connectivity index (χ1) is 11.6. The smallest absolute Gasteiger partial charge is 0.228 e. The van der Waals surface area contributed by atoms with Crippen LogP contribution in [0.5, 0.6) is 11.5 Å². The zero-order chi connectivity index (χ0) is 17.1. The summed E-state index contributed by atoms with van der Waals surface area (Å²) >= 11 is 0. The van der Waals surface area contributed by atoms with Crippen LogP contribution in [0.3, 0.4) is 0 Å². The molecule has 0 radical (unpaired) electrons. The van der Waals surface area contributed by atoms with Gasteiger partial charge in [-0.05, 0) is 31.2 Å². The van der Waals surface area contributed by atoms with Crippen molar-refractivity contribution in [1.29, 1.82) is 0 Å². The lowest BCUT2D eigenvalue weighted by Gasteiger charge is -2.18. The third kappa shape index (κ3) is 3.35. The molecule has 0 saturated heterocycles. The van der Waals surface area contributed by atoms with E-state index in [1.54, 1.807) is 7.11 Å². The predicted molar refractivity (Wildman–Crippen MR) is 95.4 cm³/mol. The Morgan fingerprint density at radius 2 is 2.12 bits per heavy atom. The molecule has 1 aliphatic rings. The highest BCUT2D eigenvalue weighted by Crippen LogP contribution is 2.36. The number of fused-ring (bicyclic) bond motifs is 1. The largest absolute Gasteiger partial charge is 0.497 e. The fourth-order valence-corrected chi connectivity index (χ4v) is 2.65. The maximum Gasteiger partial charge on any atom is 0.228 e. The number of para-hydroxylation sites is 1. The Bertz CT molecular complexity index is 786. The minimum Gasteiger partial charge on any atom is -0.497 e. The standard InChI is InChI=1S/C19H20N2O3/c1-12-10-18(22)21-17-9-5-8-16(19(17)24-12)13(2)20-14-6-4-7-15(11-14)23-3/h4-9,11-12,20H,2,10H2,1,3H3,(H,21,22)/t12-/m0/s1. The summed E-state index contributed by atoms with van der Waals surface area (Å²) < 4.78 is 11.2. The molecular formula is C19H20N2O3. The Balaban J connectivity index is 1.90. The summed E-state index contributed by atoms with van der Waals surface area (Å²) in [4.78, 5) is 11.9. The van der Waals surface area contributed by atoms with E-state index in [9.17, 15) is 4.79 Å². The van der Waals surface area contributed by atoms with Gasteiger partial charge in [0, 0.05) is 23.0 Å². The van der Waals surface area contributed by atoms with Gasteiger partial charge in [-0.25, -0.2) is 0 Å². The molecule has 5 nitrogen and oxygen atoms in total. The number of hydrogen-bond acceptors (Lipinski definition) is 4. The van der Waals surface area contributed by atoms with E-state index < -0.39 is 0 Å². The van der Waals surface area contributed by atoms with Crippen molar-refractivity contribution < 1.29 is 14.3 Å². The van der Waals surface area contributed by atoms with Gasteiger partial charge in [0.25, 0.3) is 0 Å². The normalized spacial score (nSPS) is 16.2. The first kappa shape index (κ1) is 15.9. The molecule has 2 aromatic carbocycles. The highest BCUT2D eigenvalue weighted by atomic mass is 16.5. The molecule has 0 aromatic heterocycles. The van der Waals surface area contributed by atoms with Gasteiger partial charge in [0.2, 0.25) is 5.91 Å². The molecule has 0 spiro atoms. The summed E-state index contributed by atoms with van der Waals surface area (Å²) in [6.45, 7) is 5.99. The second-order valence-corrected chi connectivity index (χ2v) is 5.70. The number of anilines is 2. The van der Waals surface area contributed by atoms with E-state index in [1.165, 1.54) is 0 Å². The molecule has 0 saturated carbocycles. The zero-order valence-corrected chi connectivity index (χ0v) is 13.8. The molecular weight excluding hydrogens is 304 g/mol. The maximum atomic E-state index is 11.9. The van der Waals surface area contributed by atoms with Crippen LogP contribution in [0.2, 0.25) is 0 Å². The SMILES string of the molecule is C=C(Nc1cccc(OC)c1)c1cccc2c1O[C@@H](C)CC(=O)N2. The van der Waals surface area contributed by atoms with Crippen LogP contribution >= 0.6 is 0 Å².